The van der Waals surface area contributed by atoms with Crippen LogP contribution in [0.15, 0.2) is 54.6 Å². The topological polar surface area (TPSA) is 214 Å². The van der Waals surface area contributed by atoms with E-state index in [0.29, 0.717) is 30.7 Å². The van der Waals surface area contributed by atoms with Crippen molar-refractivity contribution in [3.63, 3.8) is 0 Å². The van der Waals surface area contributed by atoms with Crippen molar-refractivity contribution in [2.24, 2.45) is 5.73 Å². The highest BCUT2D eigenvalue weighted by molar-refractivity contribution is 7.15. The smallest absolute Gasteiger partial charge is 0.325 e. The molecule has 3 aliphatic rings. The maximum absolute atomic E-state index is 13.3. The normalized spacial score (nSPS) is 27.1. The summed E-state index contributed by atoms with van der Waals surface area (Å²) in [5.41, 5.74) is 9.53. The first-order valence-electron chi connectivity index (χ1n) is 18.1. The van der Waals surface area contributed by atoms with Gasteiger partial charge < -0.3 is 61.1 Å². The van der Waals surface area contributed by atoms with E-state index in [0.717, 1.165) is 46.0 Å². The number of benzene rings is 2. The molecule has 0 spiro atoms. The lowest BCUT2D eigenvalue weighted by atomic mass is 9.99. The Morgan fingerprint density at radius 3 is 2.60 bits per heavy atom. The number of thiophene rings is 1. The standard InChI is InChI=1S/C38H50N4O10S/c1-20-6-8-26(50-27-15-40-16-27)14-29(20)36(47)42-21(2)22-4-3-5-23(12-22)32-11-10-28(53-32)17-41-24-7-9-25(13-24)51-37(48)30(39)19-49-38-35(46)34(45)33(44)31(18-43)52-38/h3-6,8,10-12,14,21,24-25,27,30-31,33-35,38,40-41,43-46H,7,9,13,15-19,39H2,1-2H3,(H,42,47)/t21-,24+,25-,30+,31-,33-,34+,35-,38-/m1/s1. The van der Waals surface area contributed by atoms with E-state index in [4.69, 9.17) is 24.7 Å². The molecule has 1 aromatic heterocycles. The van der Waals surface area contributed by atoms with Gasteiger partial charge in [-0.2, -0.15) is 0 Å². The number of carbonyl (C=O) groups is 2. The number of rotatable bonds is 15. The lowest BCUT2D eigenvalue weighted by Gasteiger charge is -2.39. The molecular formula is C38H50N4O10S. The van der Waals surface area contributed by atoms with Crippen LogP contribution in [0.3, 0.4) is 0 Å². The Hall–Kier alpha value is -3.48. The Labute approximate surface area is 312 Å². The number of aliphatic hydroxyl groups is 4. The number of hydrogen-bond donors (Lipinski definition) is 8. The number of aryl methyl sites for hydroxylation is 1. The Morgan fingerprint density at radius 2 is 1.85 bits per heavy atom. The predicted octanol–water partition coefficient (Wildman–Crippen LogP) is 1.26. The summed E-state index contributed by atoms with van der Waals surface area (Å²) in [6, 6.07) is 16.8. The van der Waals surface area contributed by atoms with Crippen LogP contribution in [0, 0.1) is 6.92 Å². The van der Waals surface area contributed by atoms with Crippen LogP contribution < -0.4 is 26.4 Å². The minimum Gasteiger partial charge on any atom is -0.488 e. The van der Waals surface area contributed by atoms with Crippen LogP contribution in [-0.2, 0) is 25.5 Å². The molecule has 9 atom stereocenters. The minimum atomic E-state index is -1.59. The first kappa shape index (κ1) is 39.2. The molecular weight excluding hydrogens is 705 g/mol. The van der Waals surface area contributed by atoms with Crippen molar-refractivity contribution in [1.29, 1.82) is 0 Å². The summed E-state index contributed by atoms with van der Waals surface area (Å²) in [7, 11) is 0. The number of amides is 1. The summed E-state index contributed by atoms with van der Waals surface area (Å²) in [5.74, 6) is -0.105. The van der Waals surface area contributed by atoms with Gasteiger partial charge in [0.1, 0.15) is 48.4 Å². The van der Waals surface area contributed by atoms with Crippen LogP contribution in [0.25, 0.3) is 10.4 Å². The zero-order valence-electron chi connectivity index (χ0n) is 29.9. The molecule has 2 saturated heterocycles. The second-order valence-electron chi connectivity index (χ2n) is 14.0. The quantitative estimate of drug-likeness (QED) is 0.103. The fourth-order valence-corrected chi connectivity index (χ4v) is 7.56. The van der Waals surface area contributed by atoms with Crippen LogP contribution in [0.5, 0.6) is 5.75 Å². The molecule has 0 radical (unpaired) electrons. The Bertz CT molecular complexity index is 1700. The SMILES string of the molecule is Cc1ccc(OC2CNC2)cc1C(=O)N[C@H](C)c1cccc(-c2ccc(CN[C@H]3CC[C@@H](OC(=O)[C@@H](N)CO[C@@H]4O[C@H](CO)[C@@H](O)[C@H](O)[C@H]4O)C3)s2)c1. The van der Waals surface area contributed by atoms with Crippen LogP contribution in [-0.4, -0.2) is 114 Å². The third-order valence-electron chi connectivity index (χ3n) is 10.0. The van der Waals surface area contributed by atoms with Crippen molar-refractivity contribution < 1.29 is 49.0 Å². The van der Waals surface area contributed by atoms with Crippen LogP contribution >= 0.6 is 11.3 Å². The first-order valence-corrected chi connectivity index (χ1v) is 18.9. The van der Waals surface area contributed by atoms with Crippen LogP contribution in [0.1, 0.15) is 58.6 Å². The highest BCUT2D eigenvalue weighted by Gasteiger charge is 2.44. The van der Waals surface area contributed by atoms with Crippen molar-refractivity contribution in [1.82, 2.24) is 16.0 Å². The fraction of sp³-hybridized carbons (Fsp3) is 0.526. The van der Waals surface area contributed by atoms with Gasteiger partial charge in [-0.3, -0.25) is 9.59 Å². The van der Waals surface area contributed by atoms with Crippen molar-refractivity contribution in [2.45, 2.75) is 101 Å². The van der Waals surface area contributed by atoms with E-state index in [1.165, 1.54) is 0 Å². The van der Waals surface area contributed by atoms with Gasteiger partial charge in [0.15, 0.2) is 6.29 Å². The third-order valence-corrected chi connectivity index (χ3v) is 11.1. The summed E-state index contributed by atoms with van der Waals surface area (Å²) in [5, 5.41) is 49.2. The molecule has 0 unspecified atom stereocenters. The van der Waals surface area contributed by atoms with Gasteiger partial charge in [-0.25, -0.2) is 0 Å². The number of carbonyl (C=O) groups excluding carboxylic acids is 2. The number of esters is 1. The summed E-state index contributed by atoms with van der Waals surface area (Å²) < 4.78 is 22.3. The third kappa shape index (κ3) is 9.80. The van der Waals surface area contributed by atoms with E-state index < -0.39 is 49.3 Å². The van der Waals surface area contributed by atoms with E-state index in [2.05, 4.69) is 40.2 Å². The molecule has 3 heterocycles. The van der Waals surface area contributed by atoms with Crippen molar-refractivity contribution in [3.05, 3.63) is 76.2 Å². The molecule has 3 fully saturated rings. The molecule has 2 aromatic carbocycles. The van der Waals surface area contributed by atoms with E-state index in [-0.39, 0.29) is 36.8 Å². The van der Waals surface area contributed by atoms with Gasteiger partial charge in [-0.15, -0.1) is 11.3 Å². The summed E-state index contributed by atoms with van der Waals surface area (Å²) in [4.78, 5) is 28.2. The summed E-state index contributed by atoms with van der Waals surface area (Å²) in [6.45, 7) is 5.24. The average Bonchev–Trinajstić information content (AvgIpc) is 3.81. The van der Waals surface area contributed by atoms with Gasteiger partial charge in [0.25, 0.3) is 5.91 Å². The molecule has 3 aromatic rings. The zero-order valence-corrected chi connectivity index (χ0v) is 30.7. The fourth-order valence-electron chi connectivity index (χ4n) is 6.60. The van der Waals surface area contributed by atoms with Crippen LogP contribution in [0.4, 0.5) is 0 Å². The monoisotopic (exact) mass is 754 g/mol. The molecule has 1 aliphatic carbocycles. The Kier molecular flexibility index (Phi) is 13.2. The summed E-state index contributed by atoms with van der Waals surface area (Å²) in [6.07, 6.45) is -5.23. The van der Waals surface area contributed by atoms with Crippen LogP contribution in [0.2, 0.25) is 0 Å². The molecule has 15 heteroatoms. The second-order valence-corrected chi connectivity index (χ2v) is 15.2. The summed E-state index contributed by atoms with van der Waals surface area (Å²) >= 11 is 1.69. The number of ether oxygens (including phenoxy) is 4. The Balaban J connectivity index is 0.944. The van der Waals surface area contributed by atoms with Gasteiger partial charge in [0.05, 0.1) is 19.3 Å². The lowest BCUT2D eigenvalue weighted by Crippen LogP contribution is -2.59. The molecule has 53 heavy (non-hydrogen) atoms. The van der Waals surface area contributed by atoms with Gasteiger partial charge in [0, 0.05) is 41.0 Å². The van der Waals surface area contributed by atoms with Crippen molar-refractivity contribution >= 4 is 23.2 Å². The van der Waals surface area contributed by atoms with Crippen molar-refractivity contribution in [3.8, 4) is 16.2 Å². The van der Waals surface area contributed by atoms with E-state index in [1.54, 1.807) is 11.3 Å². The molecule has 1 saturated carbocycles. The maximum Gasteiger partial charge on any atom is 0.325 e. The molecule has 9 N–H and O–H groups in total. The molecule has 288 valence electrons. The number of hydrogen-bond acceptors (Lipinski definition) is 14. The number of nitrogens with two attached hydrogens (primary N) is 1. The highest BCUT2D eigenvalue weighted by Crippen LogP contribution is 2.31. The average molecular weight is 755 g/mol. The largest absolute Gasteiger partial charge is 0.488 e. The van der Waals surface area contributed by atoms with E-state index >= 15 is 0 Å². The van der Waals surface area contributed by atoms with Crippen molar-refractivity contribution in [2.75, 3.05) is 26.3 Å². The molecule has 14 nitrogen and oxygen atoms in total. The Morgan fingerprint density at radius 1 is 1.04 bits per heavy atom. The van der Waals surface area contributed by atoms with Gasteiger partial charge >= 0.3 is 5.97 Å². The molecule has 0 bridgehead atoms. The predicted molar refractivity (Wildman–Crippen MR) is 196 cm³/mol. The maximum atomic E-state index is 13.3. The minimum absolute atomic E-state index is 0.133. The lowest BCUT2D eigenvalue weighted by molar-refractivity contribution is -0.301. The van der Waals surface area contributed by atoms with Gasteiger partial charge in [-0.1, -0.05) is 24.3 Å². The van der Waals surface area contributed by atoms with E-state index in [9.17, 15) is 30.0 Å². The van der Waals surface area contributed by atoms with E-state index in [1.807, 2.05) is 44.2 Å². The highest BCUT2D eigenvalue weighted by atomic mass is 32.1. The zero-order chi connectivity index (χ0) is 37.6. The van der Waals surface area contributed by atoms with Gasteiger partial charge in [0.2, 0.25) is 0 Å². The molecule has 2 aliphatic heterocycles. The first-order chi connectivity index (χ1) is 25.5. The van der Waals surface area contributed by atoms with Gasteiger partial charge in [-0.05, 0) is 80.1 Å². The molecule has 6 rings (SSSR count). The molecule has 1 amide bonds. The number of nitrogens with one attached hydrogen (secondary N) is 3. The second kappa shape index (κ2) is 17.8. The number of aliphatic hydroxyl groups excluding tert-OH is 4.